The number of aromatic hydroxyl groups is 2. The molecular weight excluding hydrogens is 532 g/mol. The van der Waals surface area contributed by atoms with Gasteiger partial charge in [-0.3, -0.25) is 14.4 Å². The summed E-state index contributed by atoms with van der Waals surface area (Å²) in [7, 11) is 1.35. The molecule has 0 aromatic heterocycles. The highest BCUT2D eigenvalue weighted by atomic mass is 16.6. The molecule has 5 N–H and O–H groups in total. The van der Waals surface area contributed by atoms with Crippen molar-refractivity contribution in [3.05, 3.63) is 51.6 Å². The van der Waals surface area contributed by atoms with Gasteiger partial charge in [0.15, 0.2) is 17.9 Å². The molecular formula is C31H38O10. The maximum Gasteiger partial charge on any atom is 0.202 e. The van der Waals surface area contributed by atoms with Crippen LogP contribution in [0.5, 0.6) is 17.2 Å². The molecule has 0 saturated carbocycles. The first-order valence-electron chi connectivity index (χ1n) is 13.4. The molecule has 1 heterocycles. The van der Waals surface area contributed by atoms with Crippen LogP contribution in [0.2, 0.25) is 0 Å². The van der Waals surface area contributed by atoms with Gasteiger partial charge >= 0.3 is 0 Å². The molecule has 0 spiro atoms. The van der Waals surface area contributed by atoms with E-state index in [1.165, 1.54) is 31.7 Å². The third-order valence-corrected chi connectivity index (χ3v) is 6.91. The average Bonchev–Trinajstić information content (AvgIpc) is 2.99. The molecule has 1 aliphatic heterocycles. The SMILES string of the molecule is C#C.CCC.COc1cccc2c1C(=O)c1c(O)c3c(c(O)c1C2=O)C[C@@](O)(C(=O)CO)CC3.O[C@H]1CCCCO1. The summed E-state index contributed by atoms with van der Waals surface area (Å²) in [5.74, 6) is -2.99. The van der Waals surface area contributed by atoms with Crippen LogP contribution in [0.4, 0.5) is 0 Å². The zero-order valence-corrected chi connectivity index (χ0v) is 23.6. The maximum atomic E-state index is 13.1. The van der Waals surface area contributed by atoms with E-state index in [0.717, 1.165) is 25.9 Å². The van der Waals surface area contributed by atoms with Gasteiger partial charge in [-0.1, -0.05) is 32.4 Å². The number of ether oxygens (including phenoxy) is 2. The van der Waals surface area contributed by atoms with Crippen LogP contribution in [0.15, 0.2) is 18.2 Å². The number of benzene rings is 2. The van der Waals surface area contributed by atoms with Gasteiger partial charge < -0.3 is 35.0 Å². The number of hydrogen-bond donors (Lipinski definition) is 5. The molecule has 10 nitrogen and oxygen atoms in total. The van der Waals surface area contributed by atoms with Crippen molar-refractivity contribution in [1.82, 2.24) is 0 Å². The van der Waals surface area contributed by atoms with Crippen LogP contribution in [0.1, 0.15) is 88.9 Å². The molecule has 0 amide bonds. The molecule has 222 valence electrons. The number of phenolic OH excluding ortho intramolecular Hbond substituents is 2. The van der Waals surface area contributed by atoms with E-state index in [9.17, 15) is 29.7 Å². The monoisotopic (exact) mass is 570 g/mol. The van der Waals surface area contributed by atoms with Gasteiger partial charge in [-0.05, 0) is 38.2 Å². The molecule has 5 rings (SSSR count). The number of phenols is 2. The number of Topliss-reactive ketones (excluding diaryl/α,β-unsaturated/α-hetero) is 1. The Hall–Kier alpha value is -3.75. The number of aliphatic hydroxyl groups is 3. The first kappa shape index (κ1) is 33.5. The number of hydrogen-bond acceptors (Lipinski definition) is 10. The molecule has 1 saturated heterocycles. The standard InChI is InChI=1S/C21H18O8.C5H10O2.C3H8.C2H2/c1-29-12-4-2-3-10-14(12)20(27)16-15(18(10)25)19(26)11-7-21(28,13(23)8-22)6-5-9(11)17(16)24;6-5-3-1-2-4-7-5;1-3-2;1-2/h2-4,22,24,26,28H,5-8H2,1H3;5-6H,1-4H2;3H2,1-2H3;1-2H/t21-;5-;;/m11../s1. The summed E-state index contributed by atoms with van der Waals surface area (Å²) < 4.78 is 10.0. The Morgan fingerprint density at radius 3 is 2.17 bits per heavy atom. The van der Waals surface area contributed by atoms with Crippen molar-refractivity contribution in [2.24, 2.45) is 0 Å². The number of rotatable bonds is 3. The summed E-state index contributed by atoms with van der Waals surface area (Å²) in [6, 6.07) is 4.47. The first-order chi connectivity index (χ1) is 19.6. The quantitative estimate of drug-likeness (QED) is 0.233. The predicted molar refractivity (Wildman–Crippen MR) is 150 cm³/mol. The fourth-order valence-electron chi connectivity index (χ4n) is 4.93. The third kappa shape index (κ3) is 6.77. The van der Waals surface area contributed by atoms with Crippen molar-refractivity contribution in [2.75, 3.05) is 20.3 Å². The number of carbonyl (C=O) groups excluding carboxylic acids is 3. The Morgan fingerprint density at radius 2 is 1.66 bits per heavy atom. The third-order valence-electron chi connectivity index (χ3n) is 6.91. The smallest absolute Gasteiger partial charge is 0.202 e. The summed E-state index contributed by atoms with van der Waals surface area (Å²) in [4.78, 5) is 38.2. The summed E-state index contributed by atoms with van der Waals surface area (Å²) in [6.45, 7) is 4.11. The second-order valence-corrected chi connectivity index (χ2v) is 9.76. The maximum absolute atomic E-state index is 13.1. The molecule has 0 bridgehead atoms. The molecule has 2 atom stereocenters. The topological polar surface area (TPSA) is 171 Å². The van der Waals surface area contributed by atoms with Crippen LogP contribution in [0.25, 0.3) is 0 Å². The van der Waals surface area contributed by atoms with Crippen LogP contribution in [0, 0.1) is 12.8 Å². The molecule has 0 radical (unpaired) electrons. The van der Waals surface area contributed by atoms with Gasteiger partial charge in [0.25, 0.3) is 0 Å². The summed E-state index contributed by atoms with van der Waals surface area (Å²) in [6.07, 6.45) is 11.3. The number of methoxy groups -OCH3 is 1. The second kappa shape index (κ2) is 14.8. The van der Waals surface area contributed by atoms with Gasteiger partial charge in [0.2, 0.25) is 5.78 Å². The lowest BCUT2D eigenvalue weighted by Crippen LogP contribution is -2.45. The largest absolute Gasteiger partial charge is 0.507 e. The van der Waals surface area contributed by atoms with E-state index in [0.29, 0.717) is 0 Å². The van der Waals surface area contributed by atoms with Gasteiger partial charge in [-0.15, -0.1) is 12.8 Å². The lowest BCUT2D eigenvalue weighted by atomic mass is 9.73. The molecule has 2 aromatic rings. The van der Waals surface area contributed by atoms with Gasteiger partial charge in [0.05, 0.1) is 23.8 Å². The number of fused-ring (bicyclic) bond motifs is 3. The van der Waals surface area contributed by atoms with Crippen molar-refractivity contribution < 1.29 is 49.4 Å². The molecule has 41 heavy (non-hydrogen) atoms. The predicted octanol–water partition coefficient (Wildman–Crippen LogP) is 2.83. The fraction of sp³-hybridized carbons (Fsp3) is 0.452. The molecule has 3 aliphatic rings. The van der Waals surface area contributed by atoms with Crippen molar-refractivity contribution in [3.63, 3.8) is 0 Å². The lowest BCUT2D eigenvalue weighted by Gasteiger charge is -2.34. The molecule has 2 aromatic carbocycles. The zero-order valence-electron chi connectivity index (χ0n) is 23.6. The van der Waals surface area contributed by atoms with Gasteiger partial charge in [0.1, 0.15) is 29.5 Å². The minimum absolute atomic E-state index is 0.00456. The number of carbonyl (C=O) groups is 3. The minimum Gasteiger partial charge on any atom is -0.507 e. The summed E-state index contributed by atoms with van der Waals surface area (Å²) in [5.41, 5.74) is -2.38. The van der Waals surface area contributed by atoms with Crippen molar-refractivity contribution in [3.8, 4) is 30.1 Å². The Balaban J connectivity index is 0.000000413. The van der Waals surface area contributed by atoms with Crippen molar-refractivity contribution in [1.29, 1.82) is 0 Å². The van der Waals surface area contributed by atoms with E-state index in [4.69, 9.17) is 19.7 Å². The number of aliphatic hydroxyl groups excluding tert-OH is 2. The summed E-state index contributed by atoms with van der Waals surface area (Å²) >= 11 is 0. The van der Waals surface area contributed by atoms with Crippen molar-refractivity contribution >= 4 is 17.3 Å². The van der Waals surface area contributed by atoms with Crippen molar-refractivity contribution in [2.45, 2.75) is 70.7 Å². The molecule has 10 heteroatoms. The molecule has 1 fully saturated rings. The highest BCUT2D eigenvalue weighted by Gasteiger charge is 2.45. The minimum atomic E-state index is -1.93. The van der Waals surface area contributed by atoms with Gasteiger partial charge in [-0.2, -0.15) is 0 Å². The fourth-order valence-corrected chi connectivity index (χ4v) is 4.93. The average molecular weight is 571 g/mol. The van der Waals surface area contributed by atoms with Gasteiger partial charge in [-0.25, -0.2) is 0 Å². The summed E-state index contributed by atoms with van der Waals surface area (Å²) in [5, 5.41) is 50.0. The van der Waals surface area contributed by atoms with Crippen LogP contribution in [-0.4, -0.2) is 75.1 Å². The van der Waals surface area contributed by atoms with Gasteiger partial charge in [0, 0.05) is 29.7 Å². The van der Waals surface area contributed by atoms with Crippen LogP contribution >= 0.6 is 0 Å². The normalized spacial score (nSPS) is 20.2. The number of ketones is 3. The first-order valence-corrected chi connectivity index (χ1v) is 13.4. The van der Waals surface area contributed by atoms with E-state index < -0.39 is 47.3 Å². The highest BCUT2D eigenvalue weighted by molar-refractivity contribution is 6.31. The Morgan fingerprint density at radius 1 is 1.05 bits per heavy atom. The highest BCUT2D eigenvalue weighted by Crippen LogP contribution is 2.48. The second-order valence-electron chi connectivity index (χ2n) is 9.76. The Bertz CT molecular complexity index is 1290. The van der Waals surface area contributed by atoms with E-state index >= 15 is 0 Å². The van der Waals surface area contributed by atoms with Crippen LogP contribution < -0.4 is 4.74 Å². The van der Waals surface area contributed by atoms with E-state index in [2.05, 4.69) is 26.7 Å². The molecule has 2 aliphatic carbocycles. The zero-order chi connectivity index (χ0) is 30.9. The van der Waals surface area contributed by atoms with Crippen LogP contribution in [-0.2, 0) is 22.4 Å². The van der Waals surface area contributed by atoms with Crippen LogP contribution in [0.3, 0.4) is 0 Å². The molecule has 0 unspecified atom stereocenters. The lowest BCUT2D eigenvalue weighted by molar-refractivity contribution is -0.141. The van der Waals surface area contributed by atoms with E-state index in [1.807, 2.05) is 0 Å². The Labute approximate surface area is 239 Å². The van der Waals surface area contributed by atoms with E-state index in [1.54, 1.807) is 0 Å². The number of terminal acetylenes is 1. The Kier molecular flexibility index (Phi) is 12.0. The van der Waals surface area contributed by atoms with E-state index in [-0.39, 0.29) is 58.4 Å².